The summed E-state index contributed by atoms with van der Waals surface area (Å²) in [6.45, 7) is 4.04. The molecule has 2 heterocycles. The summed E-state index contributed by atoms with van der Waals surface area (Å²) in [5.74, 6) is -1.39. The molecule has 1 saturated carbocycles. The van der Waals surface area contributed by atoms with Gasteiger partial charge < -0.3 is 14.9 Å². The molecular formula is C14H22N2O3. The van der Waals surface area contributed by atoms with Crippen LogP contribution in [0.25, 0.3) is 0 Å². The van der Waals surface area contributed by atoms with Crippen molar-refractivity contribution in [3.05, 3.63) is 0 Å². The van der Waals surface area contributed by atoms with Crippen molar-refractivity contribution in [2.75, 3.05) is 26.2 Å². The molecule has 3 aliphatic rings. The quantitative estimate of drug-likeness (QED) is 0.820. The van der Waals surface area contributed by atoms with Gasteiger partial charge in [0.15, 0.2) is 0 Å². The van der Waals surface area contributed by atoms with Gasteiger partial charge in [-0.05, 0) is 45.2 Å². The number of rotatable bonds is 3. The van der Waals surface area contributed by atoms with Crippen molar-refractivity contribution in [2.24, 2.45) is 11.8 Å². The zero-order valence-corrected chi connectivity index (χ0v) is 11.3. The van der Waals surface area contributed by atoms with Crippen molar-refractivity contribution in [1.82, 2.24) is 9.80 Å². The van der Waals surface area contributed by atoms with E-state index in [2.05, 4.69) is 4.90 Å². The number of nitrogens with zero attached hydrogens (tertiary/aromatic N) is 2. The van der Waals surface area contributed by atoms with Gasteiger partial charge in [0.05, 0.1) is 11.8 Å². The number of amides is 1. The second kappa shape index (κ2) is 5.12. The summed E-state index contributed by atoms with van der Waals surface area (Å²) in [7, 11) is 0. The first-order chi connectivity index (χ1) is 9.16. The Bertz CT molecular complexity index is 371. The maximum absolute atomic E-state index is 12.2. The molecule has 2 saturated heterocycles. The molecule has 106 valence electrons. The van der Waals surface area contributed by atoms with Crippen LogP contribution >= 0.6 is 0 Å². The third kappa shape index (κ3) is 2.61. The van der Waals surface area contributed by atoms with Crippen LogP contribution in [-0.2, 0) is 9.59 Å². The van der Waals surface area contributed by atoms with Crippen LogP contribution in [0.1, 0.15) is 32.1 Å². The lowest BCUT2D eigenvalue weighted by Crippen LogP contribution is -2.46. The van der Waals surface area contributed by atoms with Crippen LogP contribution in [0.4, 0.5) is 0 Å². The molecule has 3 fully saturated rings. The first kappa shape index (κ1) is 12.9. The van der Waals surface area contributed by atoms with Crippen LogP contribution in [0.15, 0.2) is 0 Å². The number of piperidine rings is 1. The molecule has 0 aromatic rings. The summed E-state index contributed by atoms with van der Waals surface area (Å²) in [5.41, 5.74) is 0. The molecule has 3 rings (SSSR count). The maximum Gasteiger partial charge on any atom is 0.307 e. The van der Waals surface area contributed by atoms with E-state index >= 15 is 0 Å². The Labute approximate surface area is 113 Å². The van der Waals surface area contributed by atoms with Gasteiger partial charge >= 0.3 is 5.97 Å². The fraction of sp³-hybridized carbons (Fsp3) is 0.857. The minimum Gasteiger partial charge on any atom is -0.481 e. The van der Waals surface area contributed by atoms with E-state index < -0.39 is 11.9 Å². The fourth-order valence-electron chi connectivity index (χ4n) is 3.53. The molecule has 0 aromatic carbocycles. The average molecular weight is 266 g/mol. The molecule has 2 atom stereocenters. The topological polar surface area (TPSA) is 60.9 Å². The Morgan fingerprint density at radius 2 is 1.58 bits per heavy atom. The summed E-state index contributed by atoms with van der Waals surface area (Å²) in [5, 5.41) is 8.88. The van der Waals surface area contributed by atoms with E-state index in [1.54, 1.807) is 0 Å². The van der Waals surface area contributed by atoms with Gasteiger partial charge in [0.1, 0.15) is 0 Å². The zero-order chi connectivity index (χ0) is 13.4. The van der Waals surface area contributed by atoms with Crippen LogP contribution in [-0.4, -0.2) is 59.0 Å². The lowest BCUT2D eigenvalue weighted by atomic mass is 10.0. The first-order valence-electron chi connectivity index (χ1n) is 7.42. The third-order valence-corrected chi connectivity index (χ3v) is 4.86. The predicted molar refractivity (Wildman–Crippen MR) is 69.6 cm³/mol. The lowest BCUT2D eigenvalue weighted by molar-refractivity contribution is -0.142. The van der Waals surface area contributed by atoms with Crippen LogP contribution in [0, 0.1) is 11.8 Å². The number of hydrogen-bond acceptors (Lipinski definition) is 3. The van der Waals surface area contributed by atoms with E-state index in [4.69, 9.17) is 5.11 Å². The van der Waals surface area contributed by atoms with Crippen molar-refractivity contribution in [2.45, 2.75) is 38.1 Å². The molecule has 0 radical (unpaired) electrons. The minimum absolute atomic E-state index is 0.0762. The van der Waals surface area contributed by atoms with Gasteiger partial charge in [-0.1, -0.05) is 0 Å². The van der Waals surface area contributed by atoms with Gasteiger partial charge in [0.25, 0.3) is 0 Å². The number of carboxylic acids is 1. The van der Waals surface area contributed by atoms with Gasteiger partial charge in [-0.15, -0.1) is 0 Å². The van der Waals surface area contributed by atoms with Crippen molar-refractivity contribution in [3.63, 3.8) is 0 Å². The highest BCUT2D eigenvalue weighted by atomic mass is 16.4. The molecule has 2 aliphatic heterocycles. The SMILES string of the molecule is O=C(O)C1CC1C(=O)N1CCC(N2CCCC2)CC1. The Balaban J connectivity index is 1.47. The van der Waals surface area contributed by atoms with Gasteiger partial charge in [-0.3, -0.25) is 9.59 Å². The molecule has 1 N–H and O–H groups in total. The monoisotopic (exact) mass is 266 g/mol. The summed E-state index contributed by atoms with van der Waals surface area (Å²) in [6.07, 6.45) is 5.26. The molecule has 0 bridgehead atoms. The van der Waals surface area contributed by atoms with Gasteiger partial charge in [-0.2, -0.15) is 0 Å². The third-order valence-electron chi connectivity index (χ3n) is 4.86. The molecule has 19 heavy (non-hydrogen) atoms. The molecule has 5 heteroatoms. The predicted octanol–water partition coefficient (Wildman–Crippen LogP) is 0.794. The van der Waals surface area contributed by atoms with Crippen LogP contribution in [0.2, 0.25) is 0 Å². The molecule has 1 amide bonds. The normalized spacial score (nSPS) is 32.5. The second-order valence-electron chi connectivity index (χ2n) is 6.09. The van der Waals surface area contributed by atoms with Gasteiger partial charge in [-0.25, -0.2) is 0 Å². The van der Waals surface area contributed by atoms with Crippen LogP contribution in [0.5, 0.6) is 0 Å². The Morgan fingerprint density at radius 1 is 0.947 bits per heavy atom. The van der Waals surface area contributed by atoms with E-state index in [9.17, 15) is 9.59 Å². The van der Waals surface area contributed by atoms with Crippen molar-refractivity contribution < 1.29 is 14.7 Å². The summed E-state index contributed by atoms with van der Waals surface area (Å²) in [6, 6.07) is 0.640. The Hall–Kier alpha value is -1.10. The van der Waals surface area contributed by atoms with E-state index in [1.807, 2.05) is 4.90 Å². The van der Waals surface area contributed by atoms with Crippen LogP contribution in [0.3, 0.4) is 0 Å². The molecular weight excluding hydrogens is 244 g/mol. The molecule has 0 aromatic heterocycles. The van der Waals surface area contributed by atoms with Gasteiger partial charge in [0, 0.05) is 19.1 Å². The van der Waals surface area contributed by atoms with E-state index in [0.717, 1.165) is 25.9 Å². The highest BCUT2D eigenvalue weighted by Crippen LogP contribution is 2.40. The Kier molecular flexibility index (Phi) is 3.48. The fourth-order valence-corrected chi connectivity index (χ4v) is 3.53. The number of aliphatic carboxylic acids is 1. The minimum atomic E-state index is -0.815. The molecule has 1 aliphatic carbocycles. The highest BCUT2D eigenvalue weighted by Gasteiger charge is 2.50. The summed E-state index contributed by atoms with van der Waals surface area (Å²) >= 11 is 0. The van der Waals surface area contributed by atoms with E-state index in [0.29, 0.717) is 12.5 Å². The largest absolute Gasteiger partial charge is 0.481 e. The summed E-state index contributed by atoms with van der Waals surface area (Å²) in [4.78, 5) is 27.4. The summed E-state index contributed by atoms with van der Waals surface area (Å²) < 4.78 is 0. The number of hydrogen-bond donors (Lipinski definition) is 1. The maximum atomic E-state index is 12.2. The first-order valence-corrected chi connectivity index (χ1v) is 7.42. The average Bonchev–Trinajstić information content (AvgIpc) is 3.05. The van der Waals surface area contributed by atoms with Gasteiger partial charge in [0.2, 0.25) is 5.91 Å². The number of carbonyl (C=O) groups is 2. The van der Waals surface area contributed by atoms with Crippen molar-refractivity contribution in [1.29, 1.82) is 0 Å². The number of likely N-dealkylation sites (tertiary alicyclic amines) is 2. The van der Waals surface area contributed by atoms with E-state index in [1.165, 1.54) is 25.9 Å². The zero-order valence-electron chi connectivity index (χ0n) is 11.3. The number of carboxylic acid groups (broad SMARTS) is 1. The Morgan fingerprint density at radius 3 is 2.11 bits per heavy atom. The van der Waals surface area contributed by atoms with Crippen molar-refractivity contribution >= 4 is 11.9 Å². The molecule has 2 unspecified atom stereocenters. The highest BCUT2D eigenvalue weighted by molar-refractivity contribution is 5.89. The second-order valence-corrected chi connectivity index (χ2v) is 6.09. The van der Waals surface area contributed by atoms with E-state index in [-0.39, 0.29) is 11.8 Å². The van der Waals surface area contributed by atoms with Crippen LogP contribution < -0.4 is 0 Å². The number of carbonyl (C=O) groups excluding carboxylic acids is 1. The molecule has 0 spiro atoms. The smallest absolute Gasteiger partial charge is 0.307 e. The lowest BCUT2D eigenvalue weighted by Gasteiger charge is -2.36. The van der Waals surface area contributed by atoms with Crippen molar-refractivity contribution in [3.8, 4) is 0 Å². The standard InChI is InChI=1S/C14H22N2O3/c17-13(11-9-12(11)14(18)19)16-7-3-10(4-8-16)15-5-1-2-6-15/h10-12H,1-9H2,(H,18,19). The molecule has 5 nitrogen and oxygen atoms in total.